The van der Waals surface area contributed by atoms with Gasteiger partial charge < -0.3 is 4.90 Å². The van der Waals surface area contributed by atoms with Crippen LogP contribution in [0.15, 0.2) is 29.2 Å². The van der Waals surface area contributed by atoms with Crippen LogP contribution in [0.25, 0.3) is 0 Å². The van der Waals surface area contributed by atoms with E-state index in [0.717, 1.165) is 24.9 Å². The summed E-state index contributed by atoms with van der Waals surface area (Å²) in [4.78, 5) is 15.8. The zero-order chi connectivity index (χ0) is 19.2. The lowest BCUT2D eigenvalue weighted by atomic mass is 10.1. The summed E-state index contributed by atoms with van der Waals surface area (Å²) in [5, 5.41) is 0. The molecule has 1 saturated heterocycles. The Morgan fingerprint density at radius 2 is 1.81 bits per heavy atom. The second-order valence-corrected chi connectivity index (χ2v) is 9.07. The van der Waals surface area contributed by atoms with Gasteiger partial charge in [0.15, 0.2) is 0 Å². The van der Waals surface area contributed by atoms with Gasteiger partial charge in [-0.2, -0.15) is 4.31 Å². The molecule has 1 amide bonds. The van der Waals surface area contributed by atoms with Crippen molar-refractivity contribution in [1.29, 1.82) is 0 Å². The Bertz CT molecular complexity index is 692. The van der Waals surface area contributed by atoms with Gasteiger partial charge in [0, 0.05) is 39.6 Å². The van der Waals surface area contributed by atoms with Crippen molar-refractivity contribution in [3.05, 3.63) is 29.8 Å². The molecule has 0 N–H and O–H groups in total. The molecule has 0 radical (unpaired) electrons. The smallest absolute Gasteiger partial charge is 0.243 e. The highest BCUT2D eigenvalue weighted by Gasteiger charge is 2.27. The third-order valence-electron chi connectivity index (χ3n) is 4.57. The topological polar surface area (TPSA) is 60.9 Å². The van der Waals surface area contributed by atoms with Crippen molar-refractivity contribution in [1.82, 2.24) is 14.1 Å². The Kier molecular flexibility index (Phi) is 7.88. The number of carbonyl (C=O) groups excluding carboxylic acids is 1. The molecular formula is C18H28ClN3O3S. The summed E-state index contributed by atoms with van der Waals surface area (Å²) in [5.41, 5.74) is 1.09. The average molecular weight is 402 g/mol. The van der Waals surface area contributed by atoms with Crippen LogP contribution in [0.2, 0.25) is 0 Å². The van der Waals surface area contributed by atoms with Crippen LogP contribution in [0.4, 0.5) is 0 Å². The largest absolute Gasteiger partial charge is 0.348 e. The van der Waals surface area contributed by atoms with Crippen LogP contribution < -0.4 is 0 Å². The number of halogens is 1. The standard InChI is InChI=1S/C18H28ClN3O3S/c1-20(2)18(23)15-21-11-4-12-22(14-13-21)26(24,25)17-8-6-16(7-9-17)5-3-10-19/h6-9H,3-5,10-15H2,1-2H3. The number of sulfonamides is 1. The number of nitrogens with zero attached hydrogens (tertiary/aromatic N) is 3. The first-order valence-electron chi connectivity index (χ1n) is 8.92. The van der Waals surface area contributed by atoms with Crippen LogP contribution in [0, 0.1) is 0 Å². The van der Waals surface area contributed by atoms with Crippen molar-refractivity contribution in [2.45, 2.75) is 24.2 Å². The predicted molar refractivity (Wildman–Crippen MR) is 104 cm³/mol. The summed E-state index contributed by atoms with van der Waals surface area (Å²) in [7, 11) is -0.0458. The molecule has 0 saturated carbocycles. The van der Waals surface area contributed by atoms with E-state index in [0.29, 0.717) is 43.4 Å². The van der Waals surface area contributed by atoms with Gasteiger partial charge in [0.05, 0.1) is 11.4 Å². The van der Waals surface area contributed by atoms with Gasteiger partial charge in [-0.3, -0.25) is 9.69 Å². The summed E-state index contributed by atoms with van der Waals surface area (Å²) in [6.45, 7) is 2.49. The third-order valence-corrected chi connectivity index (χ3v) is 6.75. The van der Waals surface area contributed by atoms with Crippen LogP contribution in [0.1, 0.15) is 18.4 Å². The van der Waals surface area contributed by atoms with Gasteiger partial charge in [-0.15, -0.1) is 11.6 Å². The Hall–Kier alpha value is -1.15. The number of carbonyl (C=O) groups is 1. The van der Waals surface area contributed by atoms with Gasteiger partial charge in [-0.05, 0) is 43.5 Å². The maximum absolute atomic E-state index is 12.9. The second kappa shape index (κ2) is 9.69. The summed E-state index contributed by atoms with van der Waals surface area (Å²) < 4.78 is 27.4. The molecule has 0 atom stereocenters. The van der Waals surface area contributed by atoms with Gasteiger partial charge in [0.1, 0.15) is 0 Å². The minimum Gasteiger partial charge on any atom is -0.348 e. The van der Waals surface area contributed by atoms with E-state index in [9.17, 15) is 13.2 Å². The van der Waals surface area contributed by atoms with Crippen molar-refractivity contribution in [2.75, 3.05) is 52.7 Å². The fourth-order valence-electron chi connectivity index (χ4n) is 2.93. The van der Waals surface area contributed by atoms with E-state index in [1.165, 1.54) is 4.31 Å². The lowest BCUT2D eigenvalue weighted by Crippen LogP contribution is -2.39. The van der Waals surface area contributed by atoms with Gasteiger partial charge >= 0.3 is 0 Å². The molecule has 0 bridgehead atoms. The highest BCUT2D eigenvalue weighted by Crippen LogP contribution is 2.19. The first-order chi connectivity index (χ1) is 12.3. The SMILES string of the molecule is CN(C)C(=O)CN1CCCN(S(=O)(=O)c2ccc(CCCCl)cc2)CC1. The maximum Gasteiger partial charge on any atom is 0.243 e. The van der Waals surface area contributed by atoms with Crippen LogP contribution in [-0.4, -0.2) is 81.1 Å². The molecule has 2 rings (SSSR count). The number of benzene rings is 1. The number of aryl methyl sites for hydroxylation is 1. The molecule has 1 aromatic rings. The Labute approximate surface area is 161 Å². The van der Waals surface area contributed by atoms with Gasteiger partial charge in [-0.25, -0.2) is 8.42 Å². The lowest BCUT2D eigenvalue weighted by Gasteiger charge is -2.22. The Morgan fingerprint density at radius 3 is 2.42 bits per heavy atom. The van der Waals surface area contributed by atoms with Crippen LogP contribution in [0.3, 0.4) is 0 Å². The first kappa shape index (κ1) is 21.2. The molecule has 0 aliphatic carbocycles. The molecule has 146 valence electrons. The minimum absolute atomic E-state index is 0.0360. The molecule has 6 nitrogen and oxygen atoms in total. The quantitative estimate of drug-likeness (QED) is 0.652. The van der Waals surface area contributed by atoms with E-state index in [1.807, 2.05) is 17.0 Å². The number of likely N-dealkylation sites (N-methyl/N-ethyl adjacent to an activating group) is 1. The molecule has 1 fully saturated rings. The lowest BCUT2D eigenvalue weighted by molar-refractivity contribution is -0.129. The molecule has 1 aliphatic rings. The number of hydrogen-bond acceptors (Lipinski definition) is 4. The van der Waals surface area contributed by atoms with E-state index >= 15 is 0 Å². The molecular weight excluding hydrogens is 374 g/mol. The van der Waals surface area contributed by atoms with Crippen molar-refractivity contribution < 1.29 is 13.2 Å². The number of rotatable bonds is 7. The molecule has 1 aliphatic heterocycles. The molecule has 1 aromatic carbocycles. The third kappa shape index (κ3) is 5.67. The number of alkyl halides is 1. The molecule has 26 heavy (non-hydrogen) atoms. The molecule has 0 spiro atoms. The Balaban J connectivity index is 2.01. The van der Waals surface area contributed by atoms with E-state index < -0.39 is 10.0 Å². The summed E-state index contributed by atoms with van der Waals surface area (Å²) in [6, 6.07) is 7.08. The normalized spacial score (nSPS) is 17.0. The van der Waals surface area contributed by atoms with Crippen molar-refractivity contribution in [2.24, 2.45) is 0 Å². The molecule has 0 unspecified atom stereocenters. The van der Waals surface area contributed by atoms with E-state index in [-0.39, 0.29) is 5.91 Å². The zero-order valence-electron chi connectivity index (χ0n) is 15.5. The van der Waals surface area contributed by atoms with Gasteiger partial charge in [0.2, 0.25) is 15.9 Å². The van der Waals surface area contributed by atoms with Crippen LogP contribution in [-0.2, 0) is 21.2 Å². The Morgan fingerprint density at radius 1 is 1.12 bits per heavy atom. The zero-order valence-corrected chi connectivity index (χ0v) is 17.1. The van der Waals surface area contributed by atoms with Gasteiger partial charge in [-0.1, -0.05) is 12.1 Å². The monoisotopic (exact) mass is 401 g/mol. The van der Waals surface area contributed by atoms with Crippen molar-refractivity contribution >= 4 is 27.5 Å². The summed E-state index contributed by atoms with van der Waals surface area (Å²) >= 11 is 5.70. The average Bonchev–Trinajstić information content (AvgIpc) is 2.86. The van der Waals surface area contributed by atoms with Crippen molar-refractivity contribution in [3.8, 4) is 0 Å². The van der Waals surface area contributed by atoms with E-state index in [2.05, 4.69) is 0 Å². The predicted octanol–water partition coefficient (Wildman–Crippen LogP) is 1.64. The first-order valence-corrected chi connectivity index (χ1v) is 10.9. The molecule has 8 heteroatoms. The van der Waals surface area contributed by atoms with E-state index in [1.54, 1.807) is 31.1 Å². The summed E-state index contributed by atoms with van der Waals surface area (Å²) in [5.74, 6) is 0.634. The minimum atomic E-state index is -3.51. The fourth-order valence-corrected chi connectivity index (χ4v) is 4.53. The van der Waals surface area contributed by atoms with Crippen LogP contribution in [0.5, 0.6) is 0 Å². The highest BCUT2D eigenvalue weighted by atomic mass is 35.5. The molecule has 1 heterocycles. The maximum atomic E-state index is 12.9. The van der Waals surface area contributed by atoms with Crippen molar-refractivity contribution in [3.63, 3.8) is 0 Å². The number of hydrogen-bond donors (Lipinski definition) is 0. The molecule has 0 aromatic heterocycles. The number of amides is 1. The van der Waals surface area contributed by atoms with Gasteiger partial charge in [0.25, 0.3) is 0 Å². The van der Waals surface area contributed by atoms with E-state index in [4.69, 9.17) is 11.6 Å². The fraction of sp³-hybridized carbons (Fsp3) is 0.611. The second-order valence-electron chi connectivity index (χ2n) is 6.76. The summed E-state index contributed by atoms with van der Waals surface area (Å²) in [6.07, 6.45) is 2.44. The highest BCUT2D eigenvalue weighted by molar-refractivity contribution is 7.89. The van der Waals surface area contributed by atoms with Crippen LogP contribution >= 0.6 is 11.6 Å².